The van der Waals surface area contributed by atoms with E-state index in [2.05, 4.69) is 21.9 Å². The molecule has 3 aromatic rings. The van der Waals surface area contributed by atoms with Crippen molar-refractivity contribution in [2.75, 3.05) is 36.8 Å². The van der Waals surface area contributed by atoms with Crippen LogP contribution in [-0.2, 0) is 10.0 Å². The number of hydrogen-bond donors (Lipinski definition) is 2. The van der Waals surface area contributed by atoms with E-state index in [0.29, 0.717) is 17.5 Å². The zero-order valence-electron chi connectivity index (χ0n) is 18.6. The molecular weight excluding hydrogens is 450 g/mol. The fourth-order valence-electron chi connectivity index (χ4n) is 4.25. The van der Waals surface area contributed by atoms with Crippen LogP contribution in [0.15, 0.2) is 52.0 Å². The predicted octanol–water partition coefficient (Wildman–Crippen LogP) is 4.87. The number of ether oxygens (including phenoxy) is 1. The quantitative estimate of drug-likeness (QED) is 0.479. The number of benzene rings is 2. The van der Waals surface area contributed by atoms with Crippen molar-refractivity contribution >= 4 is 44.8 Å². The van der Waals surface area contributed by atoms with E-state index >= 15 is 0 Å². The fourth-order valence-corrected chi connectivity index (χ4v) is 5.54. The summed E-state index contributed by atoms with van der Waals surface area (Å²) in [4.78, 5) is 2.57. The molecule has 0 radical (unpaired) electrons. The van der Waals surface area contributed by atoms with Crippen LogP contribution in [0.4, 0.5) is 11.4 Å². The summed E-state index contributed by atoms with van der Waals surface area (Å²) in [6, 6.07) is 11.0. The van der Waals surface area contributed by atoms with Crippen molar-refractivity contribution in [3.63, 3.8) is 0 Å². The smallest absolute Gasteiger partial charge is 0.265 e. The Kier molecular flexibility index (Phi) is 7.59. The lowest BCUT2D eigenvalue weighted by Gasteiger charge is -2.23. The van der Waals surface area contributed by atoms with Crippen molar-refractivity contribution in [1.29, 1.82) is 0 Å². The van der Waals surface area contributed by atoms with Crippen LogP contribution in [-0.4, -0.2) is 46.1 Å². The summed E-state index contributed by atoms with van der Waals surface area (Å²) < 4.78 is 39.9. The molecule has 2 N–H and O–H groups in total. The maximum absolute atomic E-state index is 13.1. The summed E-state index contributed by atoms with van der Waals surface area (Å²) >= 11 is 0. The highest BCUT2D eigenvalue weighted by atomic mass is 35.5. The Labute approximate surface area is 195 Å². The van der Waals surface area contributed by atoms with Gasteiger partial charge in [0.05, 0.1) is 24.7 Å². The van der Waals surface area contributed by atoms with Gasteiger partial charge in [-0.2, -0.15) is 0 Å². The van der Waals surface area contributed by atoms with E-state index in [9.17, 15) is 8.42 Å². The highest BCUT2D eigenvalue weighted by Gasteiger charge is 2.24. The zero-order valence-corrected chi connectivity index (χ0v) is 20.2. The first kappa shape index (κ1) is 24.2. The Bertz CT molecular complexity index is 1180. The average molecular weight is 480 g/mol. The van der Waals surface area contributed by atoms with Crippen LogP contribution in [0.25, 0.3) is 11.0 Å². The molecule has 1 unspecified atom stereocenters. The average Bonchev–Trinajstić information content (AvgIpc) is 3.40. The summed E-state index contributed by atoms with van der Waals surface area (Å²) in [6.07, 6.45) is 3.97. The van der Waals surface area contributed by atoms with Gasteiger partial charge in [-0.05, 0) is 68.8 Å². The van der Waals surface area contributed by atoms with E-state index in [4.69, 9.17) is 9.15 Å². The summed E-state index contributed by atoms with van der Waals surface area (Å²) in [5, 5.41) is 4.31. The van der Waals surface area contributed by atoms with E-state index in [-0.39, 0.29) is 17.3 Å². The van der Waals surface area contributed by atoms with Gasteiger partial charge in [0.1, 0.15) is 10.6 Å². The normalized spacial score (nSPS) is 16.7. The second-order valence-corrected chi connectivity index (χ2v) is 9.58. The van der Waals surface area contributed by atoms with Gasteiger partial charge in [0.15, 0.2) is 5.58 Å². The molecule has 0 bridgehead atoms. The van der Waals surface area contributed by atoms with E-state index in [1.165, 1.54) is 13.5 Å². The van der Waals surface area contributed by atoms with E-state index < -0.39 is 10.0 Å². The highest BCUT2D eigenvalue weighted by Crippen LogP contribution is 2.32. The molecule has 2 heterocycles. The standard InChI is InChI=1S/C23H29N3O4S.ClH/c1-4-26-10-5-6-19(26)15-24-20-14-18(13-17-9-11-30-23(17)20)25-31(27,28)22-12-16(2)7-8-21(22)29-3;/h7-9,11-14,19,24-25H,4-6,10,15H2,1-3H3;1H. The van der Waals surface area contributed by atoms with E-state index in [1.807, 2.05) is 19.1 Å². The third-order valence-corrected chi connectivity index (χ3v) is 7.25. The Hall–Kier alpha value is -2.42. The van der Waals surface area contributed by atoms with Crippen LogP contribution in [0.3, 0.4) is 0 Å². The first-order chi connectivity index (χ1) is 14.9. The molecule has 1 atom stereocenters. The molecule has 1 aromatic heterocycles. The molecule has 0 spiro atoms. The Morgan fingerprint density at radius 1 is 1.22 bits per heavy atom. The van der Waals surface area contributed by atoms with Crippen LogP contribution in [0, 0.1) is 6.92 Å². The maximum atomic E-state index is 13.1. The van der Waals surface area contributed by atoms with Crippen LogP contribution in [0.5, 0.6) is 5.75 Å². The number of likely N-dealkylation sites (N-methyl/N-ethyl adjacent to an activating group) is 1. The number of likely N-dealkylation sites (tertiary alicyclic amines) is 1. The maximum Gasteiger partial charge on any atom is 0.265 e. The SMILES string of the molecule is CCN1CCCC1CNc1cc(NS(=O)(=O)c2cc(C)ccc2OC)cc2ccoc12.Cl. The second kappa shape index (κ2) is 10.0. The number of aryl methyl sites for hydroxylation is 1. The molecule has 1 saturated heterocycles. The number of halogens is 1. The van der Waals surface area contributed by atoms with Crippen LogP contribution in [0.2, 0.25) is 0 Å². The Balaban J connectivity index is 0.00000289. The molecule has 4 rings (SSSR count). The van der Waals surface area contributed by atoms with Gasteiger partial charge in [0.2, 0.25) is 0 Å². The molecule has 1 aliphatic rings. The molecule has 9 heteroatoms. The van der Waals surface area contributed by atoms with E-state index in [1.54, 1.807) is 30.5 Å². The monoisotopic (exact) mass is 479 g/mol. The van der Waals surface area contributed by atoms with Crippen molar-refractivity contribution in [2.24, 2.45) is 0 Å². The molecule has 0 saturated carbocycles. The first-order valence-electron chi connectivity index (χ1n) is 10.6. The van der Waals surface area contributed by atoms with E-state index in [0.717, 1.165) is 48.3 Å². The lowest BCUT2D eigenvalue weighted by atomic mass is 10.2. The predicted molar refractivity (Wildman–Crippen MR) is 131 cm³/mol. The minimum atomic E-state index is -3.83. The largest absolute Gasteiger partial charge is 0.495 e. The van der Waals surface area contributed by atoms with Crippen molar-refractivity contribution in [3.05, 3.63) is 48.2 Å². The number of furan rings is 1. The number of nitrogens with one attached hydrogen (secondary N) is 2. The molecule has 0 aliphatic carbocycles. The number of methoxy groups -OCH3 is 1. The molecule has 2 aromatic carbocycles. The van der Waals surface area contributed by atoms with Gasteiger partial charge in [-0.3, -0.25) is 9.62 Å². The Morgan fingerprint density at radius 3 is 2.78 bits per heavy atom. The number of nitrogens with zero attached hydrogens (tertiary/aromatic N) is 1. The van der Waals surface area contributed by atoms with Crippen LogP contribution < -0.4 is 14.8 Å². The summed E-state index contributed by atoms with van der Waals surface area (Å²) in [7, 11) is -2.37. The third-order valence-electron chi connectivity index (χ3n) is 5.85. The lowest BCUT2D eigenvalue weighted by molar-refractivity contribution is 0.277. The van der Waals surface area contributed by atoms with Gasteiger partial charge in [0.25, 0.3) is 10.0 Å². The van der Waals surface area contributed by atoms with Gasteiger partial charge >= 0.3 is 0 Å². The fraction of sp³-hybridized carbons (Fsp3) is 0.391. The minimum absolute atomic E-state index is 0. The summed E-state index contributed by atoms with van der Waals surface area (Å²) in [6.45, 7) is 6.96. The van der Waals surface area contributed by atoms with Crippen LogP contribution >= 0.6 is 12.4 Å². The van der Waals surface area contributed by atoms with Gasteiger partial charge in [-0.15, -0.1) is 12.4 Å². The number of rotatable bonds is 8. The van der Waals surface area contributed by atoms with Gasteiger partial charge in [0, 0.05) is 18.0 Å². The molecular formula is C23H30ClN3O4S. The highest BCUT2D eigenvalue weighted by molar-refractivity contribution is 7.92. The van der Waals surface area contributed by atoms with Crippen molar-refractivity contribution in [3.8, 4) is 5.75 Å². The van der Waals surface area contributed by atoms with Gasteiger partial charge < -0.3 is 14.5 Å². The third kappa shape index (κ3) is 4.98. The first-order valence-corrected chi connectivity index (χ1v) is 12.1. The number of anilines is 2. The van der Waals surface area contributed by atoms with Gasteiger partial charge in [-0.1, -0.05) is 13.0 Å². The topological polar surface area (TPSA) is 83.8 Å². The van der Waals surface area contributed by atoms with Gasteiger partial charge in [-0.25, -0.2) is 8.42 Å². The summed E-state index contributed by atoms with van der Waals surface area (Å²) in [5.74, 6) is 0.307. The molecule has 32 heavy (non-hydrogen) atoms. The molecule has 1 aliphatic heterocycles. The molecule has 7 nitrogen and oxygen atoms in total. The summed E-state index contributed by atoms with van der Waals surface area (Å²) in [5.41, 5.74) is 2.81. The zero-order chi connectivity index (χ0) is 22.0. The minimum Gasteiger partial charge on any atom is -0.495 e. The molecule has 0 amide bonds. The van der Waals surface area contributed by atoms with Crippen molar-refractivity contribution < 1.29 is 17.6 Å². The van der Waals surface area contributed by atoms with Crippen LogP contribution in [0.1, 0.15) is 25.3 Å². The molecule has 174 valence electrons. The number of hydrogen-bond acceptors (Lipinski definition) is 6. The van der Waals surface area contributed by atoms with Crippen molar-refractivity contribution in [1.82, 2.24) is 4.90 Å². The lowest BCUT2D eigenvalue weighted by Crippen LogP contribution is -2.34. The number of sulfonamides is 1. The molecule has 1 fully saturated rings. The van der Waals surface area contributed by atoms with Crippen molar-refractivity contribution in [2.45, 2.75) is 37.6 Å². The second-order valence-electron chi connectivity index (χ2n) is 7.93. The number of fused-ring (bicyclic) bond motifs is 1. The Morgan fingerprint density at radius 2 is 2.03 bits per heavy atom.